The van der Waals surface area contributed by atoms with Crippen molar-refractivity contribution in [1.82, 2.24) is 0 Å². The lowest BCUT2D eigenvalue weighted by molar-refractivity contribution is -0.389. The monoisotopic (exact) mass is 226 g/mol. The number of nitro groups is 2. The van der Waals surface area contributed by atoms with Crippen molar-refractivity contribution in [1.29, 1.82) is 0 Å². The van der Waals surface area contributed by atoms with E-state index in [0.717, 1.165) is 18.2 Å². The molecule has 1 atom stereocenters. The average molecular weight is 226 g/mol. The number of nitro benzene ring substituents is 2. The molecule has 0 saturated carbocycles. The highest BCUT2D eigenvalue weighted by Crippen LogP contribution is 2.29. The van der Waals surface area contributed by atoms with Gasteiger partial charge in [-0.2, -0.15) is 0 Å². The van der Waals surface area contributed by atoms with Crippen LogP contribution in [0.1, 0.15) is 18.4 Å². The highest BCUT2D eigenvalue weighted by molar-refractivity contribution is 5.49. The van der Waals surface area contributed by atoms with Gasteiger partial charge in [-0.1, -0.05) is 6.92 Å². The molecule has 1 rings (SSSR count). The molecule has 7 heteroatoms. The molecule has 1 aromatic carbocycles. The second-order valence-corrected chi connectivity index (χ2v) is 3.34. The summed E-state index contributed by atoms with van der Waals surface area (Å²) in [6.45, 7) is 1.26. The number of hydrogen-bond acceptors (Lipinski definition) is 5. The van der Waals surface area contributed by atoms with Gasteiger partial charge in [0.15, 0.2) is 0 Å². The molecule has 16 heavy (non-hydrogen) atoms. The fraction of sp³-hybridized carbons (Fsp3) is 0.333. The standard InChI is InChI=1S/C9H10N2O5/c1-6(5-12)8-4-7(10(13)14)2-3-9(8)11(15)16/h2-4,6,12H,5H2,1H3. The summed E-state index contributed by atoms with van der Waals surface area (Å²) in [5.74, 6) is -0.514. The predicted molar refractivity (Wildman–Crippen MR) is 55.3 cm³/mol. The van der Waals surface area contributed by atoms with E-state index in [1.54, 1.807) is 6.92 Å². The molecule has 0 amide bonds. The number of aliphatic hydroxyl groups excluding tert-OH is 1. The Hall–Kier alpha value is -2.02. The minimum Gasteiger partial charge on any atom is -0.396 e. The third-order valence-corrected chi connectivity index (χ3v) is 2.22. The molecule has 0 bridgehead atoms. The zero-order chi connectivity index (χ0) is 12.3. The van der Waals surface area contributed by atoms with Crippen LogP contribution in [-0.2, 0) is 0 Å². The van der Waals surface area contributed by atoms with Gasteiger partial charge in [0, 0.05) is 36.3 Å². The van der Waals surface area contributed by atoms with Gasteiger partial charge in [-0.15, -0.1) is 0 Å². The molecule has 1 unspecified atom stereocenters. The summed E-state index contributed by atoms with van der Waals surface area (Å²) in [6, 6.07) is 3.28. The first-order chi connectivity index (χ1) is 7.47. The van der Waals surface area contributed by atoms with Gasteiger partial charge in [0.2, 0.25) is 0 Å². The molecule has 0 radical (unpaired) electrons. The Bertz CT molecular complexity index is 432. The van der Waals surface area contributed by atoms with Gasteiger partial charge in [0.1, 0.15) is 0 Å². The van der Waals surface area contributed by atoms with E-state index in [4.69, 9.17) is 5.11 Å². The largest absolute Gasteiger partial charge is 0.396 e. The Kier molecular flexibility index (Phi) is 3.51. The molecule has 86 valence electrons. The number of nitrogens with zero attached hydrogens (tertiary/aromatic N) is 2. The summed E-state index contributed by atoms with van der Waals surface area (Å²) in [5.41, 5.74) is -0.269. The van der Waals surface area contributed by atoms with Crippen LogP contribution in [0.2, 0.25) is 0 Å². The predicted octanol–water partition coefficient (Wildman–Crippen LogP) is 1.60. The van der Waals surface area contributed by atoms with Crippen LogP contribution in [0.15, 0.2) is 18.2 Å². The molecule has 0 fully saturated rings. The highest BCUT2D eigenvalue weighted by Gasteiger charge is 2.21. The number of rotatable bonds is 4. The zero-order valence-electron chi connectivity index (χ0n) is 8.49. The van der Waals surface area contributed by atoms with E-state index in [1.807, 2.05) is 0 Å². The van der Waals surface area contributed by atoms with E-state index >= 15 is 0 Å². The van der Waals surface area contributed by atoms with Crippen molar-refractivity contribution in [2.75, 3.05) is 6.61 Å². The smallest absolute Gasteiger partial charge is 0.273 e. The summed E-state index contributed by atoms with van der Waals surface area (Å²) in [6.07, 6.45) is 0. The Morgan fingerprint density at radius 3 is 2.38 bits per heavy atom. The van der Waals surface area contributed by atoms with Crippen molar-refractivity contribution in [3.63, 3.8) is 0 Å². The summed E-state index contributed by atoms with van der Waals surface area (Å²) >= 11 is 0. The quantitative estimate of drug-likeness (QED) is 0.619. The molecule has 0 aliphatic heterocycles. The summed E-state index contributed by atoms with van der Waals surface area (Å²) in [5, 5.41) is 30.1. The lowest BCUT2D eigenvalue weighted by Gasteiger charge is -2.08. The minimum absolute atomic E-state index is 0.168. The van der Waals surface area contributed by atoms with E-state index in [0.29, 0.717) is 0 Å². The molecule has 0 heterocycles. The fourth-order valence-corrected chi connectivity index (χ4v) is 1.31. The normalized spacial score (nSPS) is 12.1. The lowest BCUT2D eigenvalue weighted by Crippen LogP contribution is -2.04. The Labute approximate surface area is 90.6 Å². The van der Waals surface area contributed by atoms with Gasteiger partial charge < -0.3 is 5.11 Å². The molecule has 7 nitrogen and oxygen atoms in total. The first-order valence-electron chi connectivity index (χ1n) is 4.51. The van der Waals surface area contributed by atoms with E-state index in [9.17, 15) is 20.2 Å². The molecule has 0 saturated heterocycles. The van der Waals surface area contributed by atoms with Crippen molar-refractivity contribution in [2.45, 2.75) is 12.8 Å². The molecule has 0 aliphatic rings. The topological polar surface area (TPSA) is 107 Å². The van der Waals surface area contributed by atoms with Gasteiger partial charge in [0.05, 0.1) is 9.85 Å². The molecule has 0 aromatic heterocycles. The van der Waals surface area contributed by atoms with Gasteiger partial charge in [-0.25, -0.2) is 0 Å². The number of hydrogen-bond donors (Lipinski definition) is 1. The van der Waals surface area contributed by atoms with Crippen molar-refractivity contribution in [2.24, 2.45) is 0 Å². The Morgan fingerprint density at radius 1 is 1.31 bits per heavy atom. The van der Waals surface area contributed by atoms with Crippen LogP contribution in [0.5, 0.6) is 0 Å². The maximum Gasteiger partial charge on any atom is 0.273 e. The van der Waals surface area contributed by atoms with Crippen LogP contribution in [0.3, 0.4) is 0 Å². The number of benzene rings is 1. The first kappa shape index (κ1) is 12.1. The maximum atomic E-state index is 10.7. The van der Waals surface area contributed by atoms with Crippen LogP contribution >= 0.6 is 0 Å². The van der Waals surface area contributed by atoms with Crippen LogP contribution in [0, 0.1) is 20.2 Å². The number of aliphatic hydroxyl groups is 1. The molecular formula is C9H10N2O5. The molecule has 1 N–H and O–H groups in total. The summed E-state index contributed by atoms with van der Waals surface area (Å²) in [7, 11) is 0. The molecular weight excluding hydrogens is 216 g/mol. The summed E-state index contributed by atoms with van der Waals surface area (Å²) in [4.78, 5) is 19.9. The van der Waals surface area contributed by atoms with Crippen molar-refractivity contribution >= 4 is 11.4 Å². The average Bonchev–Trinajstić information content (AvgIpc) is 2.26. The molecule has 1 aromatic rings. The van der Waals surface area contributed by atoms with Crippen LogP contribution in [-0.4, -0.2) is 21.6 Å². The third-order valence-electron chi connectivity index (χ3n) is 2.22. The van der Waals surface area contributed by atoms with E-state index < -0.39 is 15.8 Å². The van der Waals surface area contributed by atoms with Gasteiger partial charge in [-0.3, -0.25) is 20.2 Å². The third kappa shape index (κ3) is 2.31. The highest BCUT2D eigenvalue weighted by atomic mass is 16.6. The Morgan fingerprint density at radius 2 is 1.94 bits per heavy atom. The second-order valence-electron chi connectivity index (χ2n) is 3.34. The van der Waals surface area contributed by atoms with Crippen molar-refractivity contribution < 1.29 is 15.0 Å². The minimum atomic E-state index is -0.628. The Balaban J connectivity index is 3.32. The van der Waals surface area contributed by atoms with Crippen LogP contribution in [0.4, 0.5) is 11.4 Å². The SMILES string of the molecule is CC(CO)c1cc([N+](=O)[O-])ccc1[N+](=O)[O-]. The number of non-ortho nitro benzene ring substituents is 1. The lowest BCUT2D eigenvalue weighted by atomic mass is 9.99. The van der Waals surface area contributed by atoms with Crippen molar-refractivity contribution in [3.8, 4) is 0 Å². The van der Waals surface area contributed by atoms with E-state index in [-0.39, 0.29) is 23.5 Å². The van der Waals surface area contributed by atoms with Crippen LogP contribution in [0.25, 0.3) is 0 Å². The van der Waals surface area contributed by atoms with E-state index in [1.165, 1.54) is 0 Å². The van der Waals surface area contributed by atoms with Gasteiger partial charge in [0.25, 0.3) is 11.4 Å². The summed E-state index contributed by atoms with van der Waals surface area (Å²) < 4.78 is 0. The maximum absolute atomic E-state index is 10.7. The molecule has 0 aliphatic carbocycles. The zero-order valence-corrected chi connectivity index (χ0v) is 8.49. The fourth-order valence-electron chi connectivity index (χ4n) is 1.31. The van der Waals surface area contributed by atoms with Crippen LogP contribution < -0.4 is 0 Å². The molecule has 0 spiro atoms. The van der Waals surface area contributed by atoms with Gasteiger partial charge in [-0.05, 0) is 0 Å². The van der Waals surface area contributed by atoms with E-state index in [2.05, 4.69) is 0 Å². The second kappa shape index (κ2) is 4.67. The van der Waals surface area contributed by atoms with Gasteiger partial charge >= 0.3 is 0 Å². The van der Waals surface area contributed by atoms with Crippen molar-refractivity contribution in [3.05, 3.63) is 44.0 Å². The first-order valence-corrected chi connectivity index (χ1v) is 4.51.